The Balaban J connectivity index is 1.12. The molecule has 0 N–H and O–H groups in total. The Morgan fingerprint density at radius 2 is 1.78 bits per heavy atom. The predicted molar refractivity (Wildman–Crippen MR) is 140 cm³/mol. The van der Waals surface area contributed by atoms with Gasteiger partial charge in [-0.1, -0.05) is 11.2 Å². The standard InChI is InChI=1S/C30H32F4N4O3/c31-24(32)22-16-40-26(35-22)20-2-1-3-21(13-20)38(23(39)12-18-14-30(33,34)15-18)17-28-6-9-29(10-7-28,11-8-28)27-36-25(37-41-27)19-4-5-19/h1-3,13,16,18-19,24H,4-12,14-15,17H2. The van der Waals surface area contributed by atoms with Crippen LogP contribution < -0.4 is 4.90 Å². The molecule has 1 aromatic carbocycles. The van der Waals surface area contributed by atoms with Gasteiger partial charge in [0.2, 0.25) is 23.6 Å². The van der Waals surface area contributed by atoms with Crippen LogP contribution in [0.3, 0.4) is 0 Å². The number of hydrogen-bond acceptors (Lipinski definition) is 6. The SMILES string of the molecule is O=C(CC1CC(F)(F)C1)N(CC12CCC(c3nc(C4CC4)no3)(CC1)CC2)c1cccc(-c2nc(C(F)F)co2)c1. The molecule has 41 heavy (non-hydrogen) atoms. The lowest BCUT2D eigenvalue weighted by Crippen LogP contribution is -2.51. The van der Waals surface area contributed by atoms with Crippen LogP contribution in [-0.2, 0) is 10.2 Å². The molecule has 0 saturated heterocycles. The Hall–Kier alpha value is -3.24. The number of oxazole rings is 1. The number of anilines is 1. The molecule has 11 heteroatoms. The Kier molecular flexibility index (Phi) is 6.28. The molecule has 5 saturated carbocycles. The second-order valence-electron chi connectivity index (χ2n) is 12.8. The molecule has 0 spiro atoms. The van der Waals surface area contributed by atoms with Gasteiger partial charge in [0, 0.05) is 48.4 Å². The summed E-state index contributed by atoms with van der Waals surface area (Å²) in [4.78, 5) is 24.1. The zero-order chi connectivity index (χ0) is 28.4. The van der Waals surface area contributed by atoms with E-state index in [1.807, 2.05) is 0 Å². The molecule has 218 valence electrons. The zero-order valence-electron chi connectivity index (χ0n) is 22.6. The fourth-order valence-corrected chi connectivity index (χ4v) is 7.05. The molecule has 7 nitrogen and oxygen atoms in total. The van der Waals surface area contributed by atoms with Gasteiger partial charge >= 0.3 is 0 Å². The quantitative estimate of drug-likeness (QED) is 0.246. The third kappa shape index (κ3) is 5.05. The lowest BCUT2D eigenvalue weighted by atomic mass is 9.53. The van der Waals surface area contributed by atoms with E-state index in [1.165, 1.54) is 0 Å². The number of rotatable bonds is 9. The topological polar surface area (TPSA) is 85.3 Å². The first-order valence-electron chi connectivity index (χ1n) is 14.5. The van der Waals surface area contributed by atoms with Crippen molar-refractivity contribution in [1.29, 1.82) is 0 Å². The highest BCUT2D eigenvalue weighted by Crippen LogP contribution is 2.58. The number of fused-ring (bicyclic) bond motifs is 3. The van der Waals surface area contributed by atoms with Crippen LogP contribution in [0.25, 0.3) is 11.5 Å². The van der Waals surface area contributed by atoms with Crippen molar-refractivity contribution in [2.24, 2.45) is 11.3 Å². The van der Waals surface area contributed by atoms with Crippen molar-refractivity contribution in [3.63, 3.8) is 0 Å². The number of amides is 1. The number of hydrogen-bond donors (Lipinski definition) is 0. The van der Waals surface area contributed by atoms with Crippen molar-refractivity contribution < 1.29 is 31.3 Å². The maximum absolute atomic E-state index is 13.7. The molecule has 5 aliphatic rings. The first kappa shape index (κ1) is 26.6. The van der Waals surface area contributed by atoms with Gasteiger partial charge in [-0.25, -0.2) is 22.5 Å². The van der Waals surface area contributed by atoms with Gasteiger partial charge in [-0.15, -0.1) is 0 Å². The van der Waals surface area contributed by atoms with E-state index in [2.05, 4.69) is 10.1 Å². The van der Waals surface area contributed by atoms with Gasteiger partial charge in [-0.05, 0) is 80.9 Å². The third-order valence-corrected chi connectivity index (χ3v) is 9.82. The van der Waals surface area contributed by atoms with E-state index in [4.69, 9.17) is 13.9 Å². The molecule has 0 aliphatic heterocycles. The first-order chi connectivity index (χ1) is 19.6. The molecule has 5 aliphatic carbocycles. The third-order valence-electron chi connectivity index (χ3n) is 9.82. The maximum atomic E-state index is 13.7. The fraction of sp³-hybridized carbons (Fsp3) is 0.600. The van der Waals surface area contributed by atoms with Crippen LogP contribution in [-0.4, -0.2) is 33.5 Å². The molecular weight excluding hydrogens is 540 g/mol. The summed E-state index contributed by atoms with van der Waals surface area (Å²) in [7, 11) is 0. The minimum Gasteiger partial charge on any atom is -0.444 e. The number of nitrogens with zero attached hydrogens (tertiary/aromatic N) is 4. The van der Waals surface area contributed by atoms with Crippen LogP contribution in [0.15, 0.2) is 39.5 Å². The van der Waals surface area contributed by atoms with Crippen LogP contribution >= 0.6 is 0 Å². The summed E-state index contributed by atoms with van der Waals surface area (Å²) in [6.07, 6.45) is 5.22. The van der Waals surface area contributed by atoms with Crippen molar-refractivity contribution in [1.82, 2.24) is 15.1 Å². The van der Waals surface area contributed by atoms with Crippen LogP contribution in [0, 0.1) is 11.3 Å². The fourth-order valence-electron chi connectivity index (χ4n) is 7.05. The molecule has 3 aromatic rings. The Bertz CT molecular complexity index is 1420. The highest BCUT2D eigenvalue weighted by molar-refractivity contribution is 5.94. The average Bonchev–Trinajstić information content (AvgIpc) is 3.45. The molecule has 2 aromatic heterocycles. The number of carbonyl (C=O) groups excluding carboxylic acids is 1. The van der Waals surface area contributed by atoms with Gasteiger partial charge < -0.3 is 13.8 Å². The van der Waals surface area contributed by atoms with Crippen LogP contribution in [0.2, 0.25) is 0 Å². The van der Waals surface area contributed by atoms with Crippen molar-refractivity contribution in [2.45, 2.75) is 94.3 Å². The Morgan fingerprint density at radius 3 is 2.41 bits per heavy atom. The minimum atomic E-state index is -2.76. The number of aromatic nitrogens is 3. The van der Waals surface area contributed by atoms with Crippen molar-refractivity contribution >= 4 is 11.6 Å². The van der Waals surface area contributed by atoms with Gasteiger partial charge in [-0.3, -0.25) is 4.79 Å². The largest absolute Gasteiger partial charge is 0.444 e. The van der Waals surface area contributed by atoms with Gasteiger partial charge in [0.25, 0.3) is 6.43 Å². The highest BCUT2D eigenvalue weighted by atomic mass is 19.3. The maximum Gasteiger partial charge on any atom is 0.283 e. The number of halogens is 4. The lowest BCUT2D eigenvalue weighted by Gasteiger charge is -2.53. The predicted octanol–water partition coefficient (Wildman–Crippen LogP) is 7.60. The van der Waals surface area contributed by atoms with Gasteiger partial charge in [0.05, 0.1) is 0 Å². The van der Waals surface area contributed by atoms with Gasteiger partial charge in [-0.2, -0.15) is 4.98 Å². The average molecular weight is 573 g/mol. The van der Waals surface area contributed by atoms with Crippen LogP contribution in [0.4, 0.5) is 23.2 Å². The smallest absolute Gasteiger partial charge is 0.283 e. The molecule has 0 radical (unpaired) electrons. The second kappa shape index (κ2) is 9.66. The number of alkyl halides is 4. The Morgan fingerprint density at radius 1 is 1.05 bits per heavy atom. The summed E-state index contributed by atoms with van der Waals surface area (Å²) in [6, 6.07) is 6.91. The van der Waals surface area contributed by atoms with E-state index >= 15 is 0 Å². The normalized spacial score (nSPS) is 27.2. The summed E-state index contributed by atoms with van der Waals surface area (Å²) < 4.78 is 64.4. The molecule has 5 fully saturated rings. The summed E-state index contributed by atoms with van der Waals surface area (Å²) in [5.74, 6) is -1.23. The molecule has 1 amide bonds. The lowest BCUT2D eigenvalue weighted by molar-refractivity contribution is -0.132. The first-order valence-corrected chi connectivity index (χ1v) is 14.5. The van der Waals surface area contributed by atoms with Crippen molar-refractivity contribution in [3.05, 3.63) is 47.9 Å². The van der Waals surface area contributed by atoms with E-state index < -0.39 is 18.0 Å². The molecule has 2 bridgehead atoms. The molecular formula is C30H32F4N4O3. The van der Waals surface area contributed by atoms with Crippen molar-refractivity contribution in [2.75, 3.05) is 11.4 Å². The zero-order valence-corrected chi connectivity index (χ0v) is 22.6. The van der Waals surface area contributed by atoms with E-state index in [-0.39, 0.29) is 47.8 Å². The summed E-state index contributed by atoms with van der Waals surface area (Å²) >= 11 is 0. The monoisotopic (exact) mass is 572 g/mol. The number of carbonyl (C=O) groups is 1. The molecule has 8 rings (SSSR count). The minimum absolute atomic E-state index is 0.0385. The highest BCUT2D eigenvalue weighted by Gasteiger charge is 2.53. The molecule has 0 atom stereocenters. The summed E-state index contributed by atoms with van der Waals surface area (Å²) in [6.45, 7) is 0.458. The van der Waals surface area contributed by atoms with Crippen LogP contribution in [0.1, 0.15) is 100 Å². The van der Waals surface area contributed by atoms with Crippen LogP contribution in [0.5, 0.6) is 0 Å². The molecule has 0 unspecified atom stereocenters. The van der Waals surface area contributed by atoms with Crippen molar-refractivity contribution in [3.8, 4) is 11.5 Å². The van der Waals surface area contributed by atoms with Gasteiger partial charge in [0.15, 0.2) is 5.82 Å². The summed E-state index contributed by atoms with van der Waals surface area (Å²) in [5.41, 5.74) is 0.345. The van der Waals surface area contributed by atoms with E-state index in [0.29, 0.717) is 23.7 Å². The second-order valence-corrected chi connectivity index (χ2v) is 12.8. The summed E-state index contributed by atoms with van der Waals surface area (Å²) in [5, 5.41) is 4.24. The Labute approximate surface area is 234 Å². The van der Waals surface area contributed by atoms with E-state index in [1.54, 1.807) is 29.2 Å². The number of benzene rings is 1. The van der Waals surface area contributed by atoms with E-state index in [9.17, 15) is 22.4 Å². The molecule has 2 heterocycles. The van der Waals surface area contributed by atoms with Gasteiger partial charge in [0.1, 0.15) is 12.0 Å². The van der Waals surface area contributed by atoms with E-state index in [0.717, 1.165) is 69.3 Å².